The van der Waals surface area contributed by atoms with Gasteiger partial charge in [-0.05, 0) is 6.07 Å². The molecule has 1 saturated heterocycles. The van der Waals surface area contributed by atoms with Crippen LogP contribution in [0.2, 0.25) is 0 Å². The summed E-state index contributed by atoms with van der Waals surface area (Å²) in [6.45, 7) is 3.49. The van der Waals surface area contributed by atoms with Crippen molar-refractivity contribution in [2.45, 2.75) is 19.4 Å². The molecule has 0 saturated carbocycles. The van der Waals surface area contributed by atoms with E-state index >= 15 is 0 Å². The van der Waals surface area contributed by atoms with Gasteiger partial charge in [-0.25, -0.2) is 4.98 Å². The number of rotatable bonds is 6. The first-order valence-electron chi connectivity index (χ1n) is 6.88. The number of ether oxygens (including phenoxy) is 2. The minimum atomic E-state index is -0.233. The number of nitrogens with one attached hydrogen (secondary N) is 2. The molecule has 1 fully saturated rings. The van der Waals surface area contributed by atoms with Gasteiger partial charge in [-0.1, -0.05) is 0 Å². The number of carbonyl (C=O) groups is 2. The van der Waals surface area contributed by atoms with E-state index in [2.05, 4.69) is 15.6 Å². The first kappa shape index (κ1) is 15.2. The van der Waals surface area contributed by atoms with Gasteiger partial charge in [0, 0.05) is 38.7 Å². The van der Waals surface area contributed by atoms with E-state index in [1.807, 2.05) is 0 Å². The number of pyridine rings is 1. The van der Waals surface area contributed by atoms with Gasteiger partial charge in [0.1, 0.15) is 6.10 Å². The van der Waals surface area contributed by atoms with Crippen LogP contribution in [0.1, 0.15) is 23.7 Å². The molecule has 2 heterocycles. The van der Waals surface area contributed by atoms with E-state index in [0.29, 0.717) is 37.7 Å². The van der Waals surface area contributed by atoms with E-state index in [-0.39, 0.29) is 17.9 Å². The second-order valence-corrected chi connectivity index (χ2v) is 4.73. The number of hydrogen-bond acceptors (Lipinski definition) is 5. The molecule has 2 amide bonds. The van der Waals surface area contributed by atoms with Crippen molar-refractivity contribution in [2.24, 2.45) is 0 Å². The molecule has 7 nitrogen and oxygen atoms in total. The summed E-state index contributed by atoms with van der Waals surface area (Å²) in [5.74, 6) is 0.132. The molecule has 2 rings (SSSR count). The van der Waals surface area contributed by atoms with Crippen molar-refractivity contribution in [3.8, 4) is 5.88 Å². The van der Waals surface area contributed by atoms with Crippen molar-refractivity contribution in [3.63, 3.8) is 0 Å². The molecule has 1 aromatic heterocycles. The lowest BCUT2D eigenvalue weighted by atomic mass is 10.2. The van der Waals surface area contributed by atoms with Gasteiger partial charge in [0.15, 0.2) is 0 Å². The third-order valence-electron chi connectivity index (χ3n) is 2.96. The van der Waals surface area contributed by atoms with Gasteiger partial charge in [0.25, 0.3) is 5.91 Å². The zero-order valence-corrected chi connectivity index (χ0v) is 11.9. The average Bonchev–Trinajstić information content (AvgIpc) is 2.97. The largest absolute Gasteiger partial charge is 0.472 e. The van der Waals surface area contributed by atoms with Crippen molar-refractivity contribution in [1.29, 1.82) is 0 Å². The van der Waals surface area contributed by atoms with Crippen LogP contribution in [0.25, 0.3) is 0 Å². The van der Waals surface area contributed by atoms with Crippen LogP contribution in [0.3, 0.4) is 0 Å². The summed E-state index contributed by atoms with van der Waals surface area (Å²) in [4.78, 5) is 26.6. The number of aromatic nitrogens is 1. The van der Waals surface area contributed by atoms with Crippen LogP contribution in [-0.4, -0.2) is 49.2 Å². The van der Waals surface area contributed by atoms with Crippen molar-refractivity contribution in [2.75, 3.05) is 26.3 Å². The minimum absolute atomic E-state index is 0.0369. The van der Waals surface area contributed by atoms with E-state index < -0.39 is 0 Å². The first-order chi connectivity index (χ1) is 10.1. The molecule has 1 aromatic rings. The highest BCUT2D eigenvalue weighted by molar-refractivity contribution is 5.93. The molecule has 1 atom stereocenters. The molecule has 0 aromatic carbocycles. The summed E-state index contributed by atoms with van der Waals surface area (Å²) in [7, 11) is 0. The Morgan fingerprint density at radius 3 is 2.81 bits per heavy atom. The van der Waals surface area contributed by atoms with Crippen LogP contribution in [0, 0.1) is 0 Å². The molecule has 0 radical (unpaired) electrons. The quantitative estimate of drug-likeness (QED) is 0.727. The first-order valence-corrected chi connectivity index (χ1v) is 6.88. The fraction of sp³-hybridized carbons (Fsp3) is 0.500. The molecule has 1 unspecified atom stereocenters. The Bertz CT molecular complexity index is 483. The number of amides is 2. The van der Waals surface area contributed by atoms with E-state index in [9.17, 15) is 9.59 Å². The highest BCUT2D eigenvalue weighted by Gasteiger charge is 2.17. The van der Waals surface area contributed by atoms with Crippen LogP contribution in [0.15, 0.2) is 18.3 Å². The molecule has 0 spiro atoms. The number of nitrogens with zero attached hydrogens (tertiary/aromatic N) is 1. The van der Waals surface area contributed by atoms with Gasteiger partial charge in [-0.15, -0.1) is 0 Å². The zero-order valence-electron chi connectivity index (χ0n) is 11.9. The maximum absolute atomic E-state index is 11.8. The molecule has 0 aliphatic carbocycles. The third-order valence-corrected chi connectivity index (χ3v) is 2.96. The number of hydrogen-bond donors (Lipinski definition) is 2. The van der Waals surface area contributed by atoms with Crippen molar-refractivity contribution in [3.05, 3.63) is 23.9 Å². The van der Waals surface area contributed by atoms with Crippen molar-refractivity contribution in [1.82, 2.24) is 15.6 Å². The lowest BCUT2D eigenvalue weighted by molar-refractivity contribution is -0.118. The second-order valence-electron chi connectivity index (χ2n) is 4.73. The third kappa shape index (κ3) is 5.03. The van der Waals surface area contributed by atoms with E-state index in [4.69, 9.17) is 9.47 Å². The summed E-state index contributed by atoms with van der Waals surface area (Å²) in [5.41, 5.74) is 0.452. The highest BCUT2D eigenvalue weighted by Crippen LogP contribution is 2.14. The molecule has 7 heteroatoms. The van der Waals surface area contributed by atoms with E-state index in [1.165, 1.54) is 13.1 Å². The van der Waals surface area contributed by atoms with Crippen LogP contribution >= 0.6 is 0 Å². The molecular formula is C14H19N3O4. The Labute approximate surface area is 123 Å². The van der Waals surface area contributed by atoms with Gasteiger partial charge in [0.2, 0.25) is 11.8 Å². The SMILES string of the molecule is CC(=O)NCCNC(=O)c1ccc(OC2CCOC2)nc1. The fourth-order valence-corrected chi connectivity index (χ4v) is 1.88. The predicted molar refractivity (Wildman–Crippen MR) is 75.1 cm³/mol. The van der Waals surface area contributed by atoms with E-state index in [0.717, 1.165) is 6.42 Å². The van der Waals surface area contributed by atoms with Crippen molar-refractivity contribution >= 4 is 11.8 Å². The van der Waals surface area contributed by atoms with Gasteiger partial charge in [-0.3, -0.25) is 9.59 Å². The van der Waals surface area contributed by atoms with Gasteiger partial charge in [-0.2, -0.15) is 0 Å². The Balaban J connectivity index is 1.77. The molecular weight excluding hydrogens is 274 g/mol. The maximum atomic E-state index is 11.8. The van der Waals surface area contributed by atoms with Crippen LogP contribution < -0.4 is 15.4 Å². The van der Waals surface area contributed by atoms with E-state index in [1.54, 1.807) is 12.1 Å². The van der Waals surface area contributed by atoms with Crippen molar-refractivity contribution < 1.29 is 19.1 Å². The molecule has 21 heavy (non-hydrogen) atoms. The smallest absolute Gasteiger partial charge is 0.252 e. The predicted octanol–water partition coefficient (Wildman–Crippen LogP) is 0.115. The van der Waals surface area contributed by atoms with Gasteiger partial charge < -0.3 is 20.1 Å². The summed E-state index contributed by atoms with van der Waals surface area (Å²) >= 11 is 0. The fourth-order valence-electron chi connectivity index (χ4n) is 1.88. The minimum Gasteiger partial charge on any atom is -0.472 e. The topological polar surface area (TPSA) is 89.6 Å². The Kier molecular flexibility index (Phi) is 5.51. The lowest BCUT2D eigenvalue weighted by Crippen LogP contribution is -2.33. The lowest BCUT2D eigenvalue weighted by Gasteiger charge is -2.11. The van der Waals surface area contributed by atoms with Crippen LogP contribution in [0.5, 0.6) is 5.88 Å². The van der Waals surface area contributed by atoms with Gasteiger partial charge >= 0.3 is 0 Å². The monoisotopic (exact) mass is 293 g/mol. The van der Waals surface area contributed by atoms with Crippen LogP contribution in [0.4, 0.5) is 0 Å². The normalized spacial score (nSPS) is 17.3. The summed E-state index contributed by atoms with van der Waals surface area (Å²) < 4.78 is 10.8. The number of carbonyl (C=O) groups excluding carboxylic acids is 2. The molecule has 0 bridgehead atoms. The zero-order chi connectivity index (χ0) is 15.1. The van der Waals surface area contributed by atoms with Crippen LogP contribution in [-0.2, 0) is 9.53 Å². The second kappa shape index (κ2) is 7.58. The summed E-state index contributed by atoms with van der Waals surface area (Å²) in [6.07, 6.45) is 2.36. The standard InChI is InChI=1S/C14H19N3O4/c1-10(18)15-5-6-16-14(19)11-2-3-13(17-8-11)21-12-4-7-20-9-12/h2-3,8,12H,4-7,9H2,1H3,(H,15,18)(H,16,19). The summed E-state index contributed by atoms with van der Waals surface area (Å²) in [5, 5.41) is 5.29. The summed E-state index contributed by atoms with van der Waals surface area (Å²) in [6, 6.07) is 3.33. The Hall–Kier alpha value is -2.15. The maximum Gasteiger partial charge on any atom is 0.252 e. The Morgan fingerprint density at radius 2 is 2.19 bits per heavy atom. The molecule has 2 N–H and O–H groups in total. The Morgan fingerprint density at radius 1 is 1.38 bits per heavy atom. The average molecular weight is 293 g/mol. The van der Waals surface area contributed by atoms with Gasteiger partial charge in [0.05, 0.1) is 18.8 Å². The molecule has 1 aliphatic heterocycles. The highest BCUT2D eigenvalue weighted by atomic mass is 16.5. The molecule has 114 valence electrons. The molecule has 1 aliphatic rings.